The minimum absolute atomic E-state index is 0.118. The number of nitriles is 1. The van der Waals surface area contributed by atoms with Gasteiger partial charge in [-0.15, -0.1) is 0 Å². The van der Waals surface area contributed by atoms with Gasteiger partial charge in [0.15, 0.2) is 0 Å². The lowest BCUT2D eigenvalue weighted by atomic mass is 10.1. The Bertz CT molecular complexity index is 1450. The topological polar surface area (TPSA) is 152 Å². The summed E-state index contributed by atoms with van der Waals surface area (Å²) in [5.74, 6) is 0.539. The molecule has 1 aliphatic carbocycles. The molecule has 3 heterocycles. The van der Waals surface area contributed by atoms with Crippen molar-refractivity contribution in [1.82, 2.24) is 9.80 Å². The maximum absolute atomic E-state index is 12.4. The average molecular weight is 615 g/mol. The fraction of sp³-hybridized carbons (Fsp3) is 0.515. The van der Waals surface area contributed by atoms with E-state index in [0.29, 0.717) is 61.7 Å². The second kappa shape index (κ2) is 13.4. The maximum atomic E-state index is 12.4. The van der Waals surface area contributed by atoms with Crippen LogP contribution in [0.3, 0.4) is 0 Å². The van der Waals surface area contributed by atoms with E-state index in [4.69, 9.17) is 15.2 Å². The smallest absolute Gasteiger partial charge is 0.254 e. The summed E-state index contributed by atoms with van der Waals surface area (Å²) in [4.78, 5) is 27.8. The van der Waals surface area contributed by atoms with E-state index in [1.165, 1.54) is 12.0 Å². The number of piperidine rings is 1. The number of likely N-dealkylation sites (tertiary alicyclic amines) is 1. The van der Waals surface area contributed by atoms with E-state index in [1.54, 1.807) is 23.1 Å². The van der Waals surface area contributed by atoms with E-state index in [-0.39, 0.29) is 24.0 Å². The molecule has 3 saturated heterocycles. The maximum Gasteiger partial charge on any atom is 0.254 e. The van der Waals surface area contributed by atoms with Gasteiger partial charge in [0.2, 0.25) is 0 Å². The Morgan fingerprint density at radius 3 is 2.47 bits per heavy atom. The number of ether oxygens (including phenoxy) is 2. The highest BCUT2D eigenvalue weighted by Gasteiger charge is 2.50. The molecule has 6 rings (SSSR count). The van der Waals surface area contributed by atoms with Gasteiger partial charge in [0.25, 0.3) is 5.91 Å². The van der Waals surface area contributed by atoms with Gasteiger partial charge in [-0.05, 0) is 62.2 Å². The summed E-state index contributed by atoms with van der Waals surface area (Å²) in [5, 5.41) is 23.2. The quantitative estimate of drug-likeness (QED) is 0.270. The predicted molar refractivity (Wildman–Crippen MR) is 173 cm³/mol. The largest absolute Gasteiger partial charge is 0.489 e. The van der Waals surface area contributed by atoms with Crippen LogP contribution in [0.2, 0.25) is 0 Å². The molecule has 0 radical (unpaired) electrons. The standard InChI is InChI=1S/C33H42N8O4/c1-23(38-26-3-5-27(6-4-26)39-14-16-40(17-15-39)28-20-44-21-28)36-22-37-31(35)24-2-7-30(25(18-24)19-34)45-29-8-12-41(13-9-29)32(42)33(43)10-11-33/h2-7,18,22-23,28-29,38,43H,8-17,20-21H2,1H3,(H2,35,36,37). The van der Waals surface area contributed by atoms with Gasteiger partial charge in [0.05, 0.1) is 24.8 Å². The molecular formula is C33H42N8O4. The molecule has 45 heavy (non-hydrogen) atoms. The zero-order chi connectivity index (χ0) is 31.4. The molecule has 2 aromatic carbocycles. The molecule has 1 unspecified atom stereocenters. The van der Waals surface area contributed by atoms with Crippen molar-refractivity contribution in [3.63, 3.8) is 0 Å². The Balaban J connectivity index is 0.969. The van der Waals surface area contributed by atoms with E-state index in [0.717, 1.165) is 45.1 Å². The van der Waals surface area contributed by atoms with Gasteiger partial charge in [0, 0.05) is 69.0 Å². The van der Waals surface area contributed by atoms with Gasteiger partial charge in [-0.3, -0.25) is 9.69 Å². The van der Waals surface area contributed by atoms with Gasteiger partial charge in [-0.25, -0.2) is 9.98 Å². The Morgan fingerprint density at radius 1 is 1.13 bits per heavy atom. The summed E-state index contributed by atoms with van der Waals surface area (Å²) >= 11 is 0. The van der Waals surface area contributed by atoms with Gasteiger partial charge < -0.3 is 35.4 Å². The lowest BCUT2D eigenvalue weighted by Crippen LogP contribution is -2.56. The highest BCUT2D eigenvalue weighted by Crippen LogP contribution is 2.37. The minimum Gasteiger partial charge on any atom is -0.489 e. The molecule has 2 aromatic rings. The van der Waals surface area contributed by atoms with Crippen LogP contribution in [0.25, 0.3) is 0 Å². The molecule has 3 aliphatic heterocycles. The van der Waals surface area contributed by atoms with Gasteiger partial charge >= 0.3 is 0 Å². The van der Waals surface area contributed by atoms with Crippen molar-refractivity contribution in [2.75, 3.05) is 62.7 Å². The van der Waals surface area contributed by atoms with Crippen LogP contribution in [0.15, 0.2) is 52.4 Å². The summed E-state index contributed by atoms with van der Waals surface area (Å²) in [7, 11) is 0. The van der Waals surface area contributed by atoms with Crippen LogP contribution >= 0.6 is 0 Å². The van der Waals surface area contributed by atoms with Crippen molar-refractivity contribution in [3.8, 4) is 11.8 Å². The third-order valence-electron chi connectivity index (χ3n) is 9.09. The normalized spacial score (nSPS) is 21.7. The summed E-state index contributed by atoms with van der Waals surface area (Å²) in [6.45, 7) is 8.89. The van der Waals surface area contributed by atoms with Crippen molar-refractivity contribution in [2.24, 2.45) is 15.7 Å². The summed E-state index contributed by atoms with van der Waals surface area (Å²) in [6.07, 6.45) is 3.44. The Labute approximate surface area is 264 Å². The van der Waals surface area contributed by atoms with Crippen LogP contribution in [-0.2, 0) is 9.53 Å². The SMILES string of the molecule is CC(/N=C\N=C(N)c1ccc(OC2CCN(C(=O)C3(O)CC3)CC2)c(C#N)c1)Nc1ccc(N2CCN(C3COC3)CC2)cc1. The van der Waals surface area contributed by atoms with Crippen molar-refractivity contribution in [1.29, 1.82) is 5.26 Å². The van der Waals surface area contributed by atoms with Gasteiger partial charge in [-0.1, -0.05) is 0 Å². The van der Waals surface area contributed by atoms with Crippen molar-refractivity contribution in [2.45, 2.75) is 56.5 Å². The molecular weight excluding hydrogens is 572 g/mol. The van der Waals surface area contributed by atoms with Crippen molar-refractivity contribution < 1.29 is 19.4 Å². The van der Waals surface area contributed by atoms with Crippen LogP contribution in [-0.4, -0.2) is 109 Å². The Kier molecular flexibility index (Phi) is 9.21. The molecule has 0 aromatic heterocycles. The molecule has 4 aliphatic rings. The Morgan fingerprint density at radius 2 is 1.84 bits per heavy atom. The monoisotopic (exact) mass is 614 g/mol. The van der Waals surface area contributed by atoms with Crippen LogP contribution < -0.4 is 20.7 Å². The molecule has 4 fully saturated rings. The first-order valence-electron chi connectivity index (χ1n) is 15.8. The number of hydrogen-bond acceptors (Lipinski definition) is 9. The number of nitrogens with one attached hydrogen (secondary N) is 1. The molecule has 0 bridgehead atoms. The number of nitrogens with two attached hydrogens (primary N) is 1. The van der Waals surface area contributed by atoms with E-state index < -0.39 is 5.60 Å². The summed E-state index contributed by atoms with van der Waals surface area (Å²) in [5.41, 5.74) is 8.22. The third kappa shape index (κ3) is 7.39. The minimum atomic E-state index is -1.15. The molecule has 0 spiro atoms. The van der Waals surface area contributed by atoms with Gasteiger partial charge in [-0.2, -0.15) is 5.26 Å². The van der Waals surface area contributed by atoms with Crippen molar-refractivity contribution >= 4 is 29.5 Å². The number of benzene rings is 2. The van der Waals surface area contributed by atoms with E-state index >= 15 is 0 Å². The molecule has 4 N–H and O–H groups in total. The number of piperazine rings is 1. The first-order chi connectivity index (χ1) is 21.8. The molecule has 238 valence electrons. The summed E-state index contributed by atoms with van der Waals surface area (Å²) < 4.78 is 11.5. The number of nitrogens with zero attached hydrogens (tertiary/aromatic N) is 6. The van der Waals surface area contributed by atoms with Crippen LogP contribution in [0.5, 0.6) is 5.75 Å². The fourth-order valence-electron chi connectivity index (χ4n) is 5.96. The zero-order valence-electron chi connectivity index (χ0n) is 25.8. The number of carbonyl (C=O) groups is 1. The number of rotatable bonds is 10. The first kappa shape index (κ1) is 30.8. The first-order valence-corrected chi connectivity index (χ1v) is 15.8. The fourth-order valence-corrected chi connectivity index (χ4v) is 5.96. The summed E-state index contributed by atoms with van der Waals surface area (Å²) in [6, 6.07) is 16.4. The molecule has 1 saturated carbocycles. The highest BCUT2D eigenvalue weighted by molar-refractivity contribution is 6.01. The Hall–Kier alpha value is -4.18. The van der Waals surface area contributed by atoms with E-state index in [1.807, 2.05) is 6.92 Å². The van der Waals surface area contributed by atoms with Crippen LogP contribution in [0.1, 0.15) is 43.7 Å². The van der Waals surface area contributed by atoms with Crippen molar-refractivity contribution in [3.05, 3.63) is 53.6 Å². The van der Waals surface area contributed by atoms with E-state index in [2.05, 4.69) is 55.4 Å². The second-order valence-electron chi connectivity index (χ2n) is 12.3. The highest BCUT2D eigenvalue weighted by atomic mass is 16.5. The van der Waals surface area contributed by atoms with Gasteiger partial charge in [0.1, 0.15) is 41.9 Å². The molecule has 12 heteroatoms. The number of hydrogen-bond donors (Lipinski definition) is 3. The number of aliphatic hydroxyl groups is 1. The number of aliphatic imine (C=N–C) groups is 2. The number of amidine groups is 1. The average Bonchev–Trinajstić information content (AvgIpc) is 3.79. The van der Waals surface area contributed by atoms with E-state index in [9.17, 15) is 15.2 Å². The zero-order valence-corrected chi connectivity index (χ0v) is 25.8. The second-order valence-corrected chi connectivity index (χ2v) is 12.3. The molecule has 1 amide bonds. The number of amides is 1. The molecule has 1 atom stereocenters. The third-order valence-corrected chi connectivity index (χ3v) is 9.09. The predicted octanol–water partition coefficient (Wildman–Crippen LogP) is 2.17. The number of carbonyl (C=O) groups excluding carboxylic acids is 1. The number of anilines is 2. The lowest BCUT2D eigenvalue weighted by molar-refractivity contribution is -0.144. The molecule has 12 nitrogen and oxygen atoms in total. The van der Waals surface area contributed by atoms with Crippen LogP contribution in [0, 0.1) is 11.3 Å². The lowest BCUT2D eigenvalue weighted by Gasteiger charge is -2.43. The van der Waals surface area contributed by atoms with Crippen LogP contribution in [0.4, 0.5) is 11.4 Å².